The molecular formula is C30H41IN2O5. The predicted octanol–water partition coefficient (Wildman–Crippen LogP) is 3.91. The van der Waals surface area contributed by atoms with E-state index in [1.807, 2.05) is 43.0 Å². The first kappa shape index (κ1) is 27.9. The number of para-hydroxylation sites is 1. The maximum atomic E-state index is 13.8. The zero-order valence-corrected chi connectivity index (χ0v) is 24.6. The Balaban J connectivity index is 1.46. The summed E-state index contributed by atoms with van der Waals surface area (Å²) >= 11 is 2.20. The lowest BCUT2D eigenvalue weighted by molar-refractivity contribution is -0.150. The van der Waals surface area contributed by atoms with Gasteiger partial charge in [0.1, 0.15) is 18.0 Å². The number of carbonyl (C=O) groups is 2. The minimum atomic E-state index is -0.975. The highest BCUT2D eigenvalue weighted by molar-refractivity contribution is 14.1. The van der Waals surface area contributed by atoms with Gasteiger partial charge in [-0.2, -0.15) is 0 Å². The van der Waals surface area contributed by atoms with Gasteiger partial charge in [-0.1, -0.05) is 26.0 Å². The molecule has 5 aliphatic carbocycles. The van der Waals surface area contributed by atoms with Gasteiger partial charge in [0.05, 0.1) is 16.2 Å². The molecule has 0 aliphatic heterocycles. The molecule has 0 saturated heterocycles. The zero-order valence-electron chi connectivity index (χ0n) is 22.4. The van der Waals surface area contributed by atoms with Gasteiger partial charge in [-0.05, 0) is 102 Å². The number of hydrogen-bond donors (Lipinski definition) is 3. The Morgan fingerprint density at radius 3 is 2.34 bits per heavy atom. The summed E-state index contributed by atoms with van der Waals surface area (Å²) in [6.07, 6.45) is 7.65. The second-order valence-corrected chi connectivity index (χ2v) is 13.6. The van der Waals surface area contributed by atoms with Crippen molar-refractivity contribution < 1.29 is 24.5 Å². The number of nitrogens with one attached hydrogen (secondary N) is 1. The van der Waals surface area contributed by atoms with Crippen LogP contribution in [0.25, 0.3) is 0 Å². The first-order valence-electron chi connectivity index (χ1n) is 14.2. The normalized spacial score (nSPS) is 33.7. The van der Waals surface area contributed by atoms with E-state index in [2.05, 4.69) is 27.9 Å². The summed E-state index contributed by atoms with van der Waals surface area (Å²) in [5.41, 5.74) is 0.585. The lowest BCUT2D eigenvalue weighted by Crippen LogP contribution is -2.60. The van der Waals surface area contributed by atoms with Gasteiger partial charge >= 0.3 is 0 Å². The first-order chi connectivity index (χ1) is 18.2. The van der Waals surface area contributed by atoms with Crippen LogP contribution in [0.4, 0.5) is 0 Å². The molecule has 6 rings (SSSR count). The third-order valence-corrected chi connectivity index (χ3v) is 10.1. The number of nitrogens with zero attached hydrogens (tertiary/aromatic N) is 1. The fraction of sp³-hybridized carbons (Fsp3) is 0.667. The van der Waals surface area contributed by atoms with Crippen LogP contribution in [0.3, 0.4) is 0 Å². The molecule has 4 bridgehead atoms. The summed E-state index contributed by atoms with van der Waals surface area (Å²) < 4.78 is 7.20. The number of carbonyl (C=O) groups excluding carboxylic acids is 2. The molecule has 5 aliphatic rings. The van der Waals surface area contributed by atoms with Gasteiger partial charge < -0.3 is 25.2 Å². The van der Waals surface area contributed by atoms with Crippen LogP contribution in [-0.2, 0) is 9.59 Å². The van der Waals surface area contributed by atoms with E-state index >= 15 is 0 Å². The van der Waals surface area contributed by atoms with Crippen LogP contribution in [0, 0.1) is 32.7 Å². The Morgan fingerprint density at radius 2 is 1.76 bits per heavy atom. The minimum Gasteiger partial charge on any atom is -0.482 e. The summed E-state index contributed by atoms with van der Waals surface area (Å²) in [6, 6.07) is 7.02. The molecule has 1 aromatic rings. The minimum absolute atomic E-state index is 0.0230. The van der Waals surface area contributed by atoms with Crippen molar-refractivity contribution >= 4 is 34.4 Å². The summed E-state index contributed by atoms with van der Waals surface area (Å²) in [5.74, 6) is 2.41. The van der Waals surface area contributed by atoms with Crippen molar-refractivity contribution in [3.8, 4) is 5.75 Å². The van der Waals surface area contributed by atoms with Crippen LogP contribution in [0.2, 0.25) is 0 Å². The van der Waals surface area contributed by atoms with Crippen LogP contribution in [0.15, 0.2) is 35.9 Å². The van der Waals surface area contributed by atoms with E-state index in [1.165, 1.54) is 19.3 Å². The van der Waals surface area contributed by atoms with Crippen LogP contribution in [-0.4, -0.2) is 64.9 Å². The molecule has 4 fully saturated rings. The van der Waals surface area contributed by atoms with Gasteiger partial charge in [0.15, 0.2) is 0 Å². The predicted molar refractivity (Wildman–Crippen MR) is 153 cm³/mol. The van der Waals surface area contributed by atoms with Crippen molar-refractivity contribution in [3.63, 3.8) is 0 Å². The summed E-state index contributed by atoms with van der Waals surface area (Å²) in [6.45, 7) is 4.45. The molecule has 1 aromatic carbocycles. The zero-order chi connectivity index (χ0) is 27.0. The molecule has 7 nitrogen and oxygen atoms in total. The highest BCUT2D eigenvalue weighted by Gasteiger charge is 2.53. The molecule has 3 atom stereocenters. The Labute approximate surface area is 239 Å². The number of aliphatic hydroxyl groups excluding tert-OH is 2. The number of amides is 2. The molecule has 0 radical (unpaired) electrons. The maximum Gasteiger partial charge on any atom is 0.247 e. The number of rotatable bonds is 9. The van der Waals surface area contributed by atoms with E-state index in [9.17, 15) is 19.8 Å². The van der Waals surface area contributed by atoms with Crippen LogP contribution in [0.1, 0.15) is 58.8 Å². The van der Waals surface area contributed by atoms with E-state index in [0.29, 0.717) is 17.9 Å². The average molecular weight is 637 g/mol. The van der Waals surface area contributed by atoms with Crippen molar-refractivity contribution in [2.45, 2.75) is 77.0 Å². The number of hydrogen-bond acceptors (Lipinski definition) is 5. The van der Waals surface area contributed by atoms with Crippen LogP contribution < -0.4 is 10.1 Å². The van der Waals surface area contributed by atoms with Crippen LogP contribution in [0.5, 0.6) is 5.75 Å². The van der Waals surface area contributed by atoms with Gasteiger partial charge in [0.25, 0.3) is 0 Å². The molecule has 4 saturated carbocycles. The number of benzene rings is 1. The highest BCUT2D eigenvalue weighted by atomic mass is 127. The molecule has 3 N–H and O–H groups in total. The molecule has 2 amide bonds. The van der Waals surface area contributed by atoms with Crippen LogP contribution >= 0.6 is 22.6 Å². The maximum absolute atomic E-state index is 13.8. The third-order valence-electron chi connectivity index (χ3n) is 9.16. The van der Waals surface area contributed by atoms with Crippen molar-refractivity contribution in [2.75, 3.05) is 19.7 Å². The molecule has 0 heterocycles. The van der Waals surface area contributed by atoms with Crippen molar-refractivity contribution in [1.82, 2.24) is 10.2 Å². The van der Waals surface area contributed by atoms with E-state index in [0.717, 1.165) is 40.6 Å². The standard InChI is InChI=1S/C30H41IN2O5/c1-18(2)29(37)33(17-30-14-19-9-20(15-30)11-21(10-19)16-30)24-12-22(28(36)32-7-8-34)13-26(27(24)35)38-25-6-4-3-5-23(25)31/h3-6,13,18-21,24,26-27,34-35H,7-12,14-17H2,1-2H3,(H,32,36). The summed E-state index contributed by atoms with van der Waals surface area (Å²) in [5, 5.41) is 23.7. The summed E-state index contributed by atoms with van der Waals surface area (Å²) in [4.78, 5) is 28.8. The Morgan fingerprint density at radius 1 is 1.13 bits per heavy atom. The molecular weight excluding hydrogens is 595 g/mol. The Kier molecular flexibility index (Phi) is 8.41. The first-order valence-corrected chi connectivity index (χ1v) is 15.3. The van der Waals surface area contributed by atoms with Gasteiger partial charge in [-0.15, -0.1) is 0 Å². The smallest absolute Gasteiger partial charge is 0.247 e. The van der Waals surface area contributed by atoms with Crippen molar-refractivity contribution in [2.24, 2.45) is 29.1 Å². The van der Waals surface area contributed by atoms with E-state index in [4.69, 9.17) is 4.74 Å². The molecule has 0 spiro atoms. The molecule has 8 heteroatoms. The van der Waals surface area contributed by atoms with Crippen molar-refractivity contribution in [3.05, 3.63) is 39.5 Å². The highest BCUT2D eigenvalue weighted by Crippen LogP contribution is 2.60. The monoisotopic (exact) mass is 636 g/mol. The lowest BCUT2D eigenvalue weighted by Gasteiger charge is -2.58. The molecule has 208 valence electrons. The molecule has 0 aromatic heterocycles. The van der Waals surface area contributed by atoms with Gasteiger partial charge in [-0.25, -0.2) is 0 Å². The summed E-state index contributed by atoms with van der Waals surface area (Å²) in [7, 11) is 0. The SMILES string of the molecule is CC(C)C(=O)N(CC12CC3CC(CC(C3)C1)C2)C1CC(C(=O)NCCO)=CC(Oc2ccccc2I)C1O. The fourth-order valence-corrected chi connectivity index (χ4v) is 8.52. The third kappa shape index (κ3) is 5.77. The quantitative estimate of drug-likeness (QED) is 0.358. The second kappa shape index (κ2) is 11.5. The fourth-order valence-electron chi connectivity index (χ4n) is 8.00. The Bertz CT molecular complexity index is 1040. The number of halogens is 1. The van der Waals surface area contributed by atoms with E-state index < -0.39 is 18.2 Å². The number of ether oxygens (including phenoxy) is 1. The van der Waals surface area contributed by atoms with E-state index in [1.54, 1.807) is 6.08 Å². The van der Waals surface area contributed by atoms with Gasteiger partial charge in [0, 0.05) is 31.0 Å². The largest absolute Gasteiger partial charge is 0.482 e. The second-order valence-electron chi connectivity index (χ2n) is 12.5. The lowest BCUT2D eigenvalue weighted by atomic mass is 9.49. The molecule has 38 heavy (non-hydrogen) atoms. The van der Waals surface area contributed by atoms with Gasteiger partial charge in [-0.3, -0.25) is 9.59 Å². The topological polar surface area (TPSA) is 99.1 Å². The number of aliphatic hydroxyl groups is 2. The molecule has 3 unspecified atom stereocenters. The van der Waals surface area contributed by atoms with E-state index in [-0.39, 0.29) is 42.7 Å². The van der Waals surface area contributed by atoms with Crippen molar-refractivity contribution in [1.29, 1.82) is 0 Å². The Hall–Kier alpha value is -1.65. The average Bonchev–Trinajstić information content (AvgIpc) is 2.87. The van der Waals surface area contributed by atoms with Gasteiger partial charge in [0.2, 0.25) is 11.8 Å².